The Bertz CT molecular complexity index is 987. The minimum Gasteiger partial charge on any atom is -0.493 e. The number of amides is 1. The summed E-state index contributed by atoms with van der Waals surface area (Å²) in [5.74, 6) is -1.84. The molecule has 0 bridgehead atoms. The summed E-state index contributed by atoms with van der Waals surface area (Å²) in [6, 6.07) is 8.52. The molecule has 2 aromatic rings. The van der Waals surface area contributed by atoms with Crippen molar-refractivity contribution in [2.75, 3.05) is 25.6 Å². The van der Waals surface area contributed by atoms with E-state index >= 15 is 0 Å². The lowest BCUT2D eigenvalue weighted by Gasteiger charge is -2.12. The monoisotopic (exact) mass is 416 g/mol. The molecule has 0 fully saturated rings. The van der Waals surface area contributed by atoms with Gasteiger partial charge in [-0.1, -0.05) is 12.1 Å². The van der Waals surface area contributed by atoms with Crippen LogP contribution in [0, 0.1) is 10.1 Å². The number of para-hydroxylation sites is 1. The van der Waals surface area contributed by atoms with Crippen LogP contribution >= 0.6 is 0 Å². The predicted octanol–water partition coefficient (Wildman–Crippen LogP) is 3.00. The van der Waals surface area contributed by atoms with Gasteiger partial charge in [0.25, 0.3) is 11.6 Å². The number of esters is 1. The molecule has 0 aliphatic rings. The quantitative estimate of drug-likeness (QED) is 0.285. The SMILES string of the molecule is CCOc1cc(C(=O)OCC(=O)Nc2ccccc2C(C)=O)c([N+](=O)[O-])cc1OC. The molecule has 0 unspecified atom stereocenters. The van der Waals surface area contributed by atoms with Gasteiger partial charge in [0.05, 0.1) is 30.4 Å². The molecule has 1 amide bonds. The summed E-state index contributed by atoms with van der Waals surface area (Å²) in [5, 5.41) is 13.8. The minimum absolute atomic E-state index is 0.0821. The summed E-state index contributed by atoms with van der Waals surface area (Å²) in [6.45, 7) is 2.57. The average molecular weight is 416 g/mol. The Morgan fingerprint density at radius 1 is 1.10 bits per heavy atom. The van der Waals surface area contributed by atoms with Crippen LogP contribution in [0.4, 0.5) is 11.4 Å². The third kappa shape index (κ3) is 5.31. The van der Waals surface area contributed by atoms with Crippen molar-refractivity contribution in [3.8, 4) is 11.5 Å². The standard InChI is InChI=1S/C20H20N2O8/c1-4-29-18-9-14(16(22(26)27)10-17(18)28-3)20(25)30-11-19(24)21-15-8-6-5-7-13(15)12(2)23/h5-10H,4,11H2,1-3H3,(H,21,24). The van der Waals surface area contributed by atoms with Gasteiger partial charge in [-0.3, -0.25) is 19.7 Å². The fourth-order valence-corrected chi connectivity index (χ4v) is 2.59. The molecule has 0 saturated carbocycles. The Balaban J connectivity index is 2.17. The number of nitro benzene ring substituents is 1. The zero-order chi connectivity index (χ0) is 22.3. The van der Waals surface area contributed by atoms with E-state index < -0.39 is 29.1 Å². The highest BCUT2D eigenvalue weighted by Crippen LogP contribution is 2.35. The van der Waals surface area contributed by atoms with Gasteiger partial charge in [0, 0.05) is 11.6 Å². The van der Waals surface area contributed by atoms with E-state index in [0.717, 1.165) is 12.1 Å². The van der Waals surface area contributed by atoms with E-state index in [2.05, 4.69) is 5.32 Å². The number of hydrogen-bond donors (Lipinski definition) is 1. The molecule has 10 heteroatoms. The molecule has 0 aliphatic heterocycles. The maximum absolute atomic E-state index is 12.4. The maximum Gasteiger partial charge on any atom is 0.345 e. The van der Waals surface area contributed by atoms with Crippen LogP contribution in [0.1, 0.15) is 34.6 Å². The lowest BCUT2D eigenvalue weighted by molar-refractivity contribution is -0.385. The van der Waals surface area contributed by atoms with Crippen molar-refractivity contribution < 1.29 is 33.5 Å². The topological polar surface area (TPSA) is 134 Å². The number of carbonyl (C=O) groups excluding carboxylic acids is 3. The average Bonchev–Trinajstić information content (AvgIpc) is 2.72. The van der Waals surface area contributed by atoms with Gasteiger partial charge in [-0.05, 0) is 26.0 Å². The number of ketones is 1. The first kappa shape index (κ1) is 22.3. The van der Waals surface area contributed by atoms with Crippen molar-refractivity contribution in [1.29, 1.82) is 0 Å². The van der Waals surface area contributed by atoms with E-state index in [1.807, 2.05) is 0 Å². The molecule has 0 saturated heterocycles. The zero-order valence-corrected chi connectivity index (χ0v) is 16.6. The maximum atomic E-state index is 12.4. The number of carbonyl (C=O) groups is 3. The van der Waals surface area contributed by atoms with Gasteiger partial charge in [-0.2, -0.15) is 0 Å². The van der Waals surface area contributed by atoms with Crippen molar-refractivity contribution in [2.24, 2.45) is 0 Å². The normalized spacial score (nSPS) is 10.1. The van der Waals surface area contributed by atoms with Gasteiger partial charge in [-0.25, -0.2) is 4.79 Å². The molecule has 0 heterocycles. The molecule has 30 heavy (non-hydrogen) atoms. The third-order valence-electron chi connectivity index (χ3n) is 3.91. The lowest BCUT2D eigenvalue weighted by atomic mass is 10.1. The number of anilines is 1. The number of ether oxygens (including phenoxy) is 3. The highest BCUT2D eigenvalue weighted by molar-refractivity contribution is 6.04. The number of nitrogens with zero attached hydrogens (tertiary/aromatic N) is 1. The summed E-state index contributed by atoms with van der Waals surface area (Å²) in [5.41, 5.74) is -0.381. The largest absolute Gasteiger partial charge is 0.493 e. The Morgan fingerprint density at radius 3 is 2.40 bits per heavy atom. The Morgan fingerprint density at radius 2 is 1.80 bits per heavy atom. The number of hydrogen-bond acceptors (Lipinski definition) is 8. The summed E-state index contributed by atoms with van der Waals surface area (Å²) in [7, 11) is 1.31. The molecule has 158 valence electrons. The molecule has 2 aromatic carbocycles. The van der Waals surface area contributed by atoms with Crippen molar-refractivity contribution in [3.05, 3.63) is 57.6 Å². The number of methoxy groups -OCH3 is 1. The fraction of sp³-hybridized carbons (Fsp3) is 0.250. The fourth-order valence-electron chi connectivity index (χ4n) is 2.59. The molecule has 0 aliphatic carbocycles. The highest BCUT2D eigenvalue weighted by atomic mass is 16.6. The molecule has 2 rings (SSSR count). The lowest BCUT2D eigenvalue weighted by Crippen LogP contribution is -2.22. The molecule has 10 nitrogen and oxygen atoms in total. The van der Waals surface area contributed by atoms with Gasteiger partial charge in [0.1, 0.15) is 5.56 Å². The molecule has 0 atom stereocenters. The number of benzene rings is 2. The van der Waals surface area contributed by atoms with Gasteiger partial charge < -0.3 is 19.5 Å². The van der Waals surface area contributed by atoms with E-state index in [1.165, 1.54) is 20.1 Å². The second-order valence-corrected chi connectivity index (χ2v) is 5.94. The van der Waals surface area contributed by atoms with Crippen LogP contribution in [-0.4, -0.2) is 42.9 Å². The van der Waals surface area contributed by atoms with Crippen LogP contribution in [0.15, 0.2) is 36.4 Å². The first-order chi connectivity index (χ1) is 14.3. The predicted molar refractivity (Wildman–Crippen MR) is 106 cm³/mol. The van der Waals surface area contributed by atoms with Crippen LogP contribution in [0.2, 0.25) is 0 Å². The van der Waals surface area contributed by atoms with E-state index in [1.54, 1.807) is 25.1 Å². The molecule has 0 radical (unpaired) electrons. The minimum atomic E-state index is -1.08. The van der Waals surface area contributed by atoms with Crippen LogP contribution in [0.3, 0.4) is 0 Å². The molecule has 1 N–H and O–H groups in total. The van der Waals surface area contributed by atoms with Crippen LogP contribution < -0.4 is 14.8 Å². The number of nitrogens with one attached hydrogen (secondary N) is 1. The van der Waals surface area contributed by atoms with Crippen molar-refractivity contribution >= 4 is 29.0 Å². The Kier molecular flexibility index (Phi) is 7.45. The Labute approximate surface area is 171 Å². The van der Waals surface area contributed by atoms with Gasteiger partial charge in [-0.15, -0.1) is 0 Å². The second kappa shape index (κ2) is 10.0. The van der Waals surface area contributed by atoms with Crippen LogP contribution in [0.5, 0.6) is 11.5 Å². The molecule has 0 spiro atoms. The summed E-state index contributed by atoms with van der Waals surface area (Å²) in [4.78, 5) is 46.7. The summed E-state index contributed by atoms with van der Waals surface area (Å²) >= 11 is 0. The Hall–Kier alpha value is -3.95. The zero-order valence-electron chi connectivity index (χ0n) is 16.6. The smallest absolute Gasteiger partial charge is 0.345 e. The summed E-state index contributed by atoms with van der Waals surface area (Å²) in [6.07, 6.45) is 0. The third-order valence-corrected chi connectivity index (χ3v) is 3.91. The second-order valence-electron chi connectivity index (χ2n) is 5.94. The van der Waals surface area contributed by atoms with Crippen LogP contribution in [-0.2, 0) is 9.53 Å². The molecule has 0 aromatic heterocycles. The summed E-state index contributed by atoms with van der Waals surface area (Å²) < 4.78 is 15.3. The number of nitro groups is 1. The van der Waals surface area contributed by atoms with Crippen LogP contribution in [0.25, 0.3) is 0 Å². The van der Waals surface area contributed by atoms with E-state index in [-0.39, 0.29) is 35.1 Å². The van der Waals surface area contributed by atoms with Gasteiger partial charge in [0.2, 0.25) is 0 Å². The van der Waals surface area contributed by atoms with Gasteiger partial charge in [0.15, 0.2) is 23.9 Å². The first-order valence-corrected chi connectivity index (χ1v) is 8.84. The number of rotatable bonds is 9. The van der Waals surface area contributed by atoms with Crippen molar-refractivity contribution in [3.63, 3.8) is 0 Å². The van der Waals surface area contributed by atoms with Crippen molar-refractivity contribution in [1.82, 2.24) is 0 Å². The van der Waals surface area contributed by atoms with Crippen molar-refractivity contribution in [2.45, 2.75) is 13.8 Å². The molecular formula is C20H20N2O8. The van der Waals surface area contributed by atoms with Gasteiger partial charge >= 0.3 is 5.97 Å². The van der Waals surface area contributed by atoms with E-state index in [0.29, 0.717) is 5.56 Å². The molecular weight excluding hydrogens is 396 g/mol. The number of Topliss-reactive ketones (excluding diaryl/α,β-unsaturated/α-hetero) is 1. The van der Waals surface area contributed by atoms with E-state index in [4.69, 9.17) is 14.2 Å². The highest BCUT2D eigenvalue weighted by Gasteiger charge is 2.26. The van der Waals surface area contributed by atoms with E-state index in [9.17, 15) is 24.5 Å². The first-order valence-electron chi connectivity index (χ1n) is 8.84.